The summed E-state index contributed by atoms with van der Waals surface area (Å²) in [6.45, 7) is 3.05. The van der Waals surface area contributed by atoms with Crippen LogP contribution >= 0.6 is 0 Å². The molecule has 6 nitrogen and oxygen atoms in total. The van der Waals surface area contributed by atoms with Gasteiger partial charge in [0.2, 0.25) is 0 Å². The molecule has 0 bridgehead atoms. The van der Waals surface area contributed by atoms with E-state index >= 15 is 0 Å². The summed E-state index contributed by atoms with van der Waals surface area (Å²) in [4.78, 5) is 6.41. The minimum absolute atomic E-state index is 0.0751. The van der Waals surface area contributed by atoms with Crippen molar-refractivity contribution in [2.45, 2.75) is 36.9 Å². The van der Waals surface area contributed by atoms with Gasteiger partial charge in [-0.2, -0.15) is 4.31 Å². The fourth-order valence-electron chi connectivity index (χ4n) is 3.18. The Morgan fingerprint density at radius 1 is 1.24 bits per heavy atom. The Labute approximate surface area is 125 Å². The van der Waals surface area contributed by atoms with Crippen molar-refractivity contribution in [2.24, 2.45) is 0 Å². The molecule has 0 amide bonds. The van der Waals surface area contributed by atoms with Gasteiger partial charge in [-0.15, -0.1) is 0 Å². The minimum atomic E-state index is -3.54. The Balaban J connectivity index is 1.82. The first kappa shape index (κ1) is 14.9. The van der Waals surface area contributed by atoms with E-state index in [1.807, 2.05) is 0 Å². The molecule has 3 heterocycles. The Bertz CT molecular complexity index is 588. The van der Waals surface area contributed by atoms with Gasteiger partial charge in [0, 0.05) is 25.3 Å². The zero-order chi connectivity index (χ0) is 14.9. The second-order valence-corrected chi connectivity index (χ2v) is 7.60. The van der Waals surface area contributed by atoms with E-state index in [9.17, 15) is 8.42 Å². The van der Waals surface area contributed by atoms with Crippen LogP contribution in [-0.4, -0.2) is 59.9 Å². The maximum atomic E-state index is 12.7. The molecular formula is C14H21N3O3S. The first-order valence-corrected chi connectivity index (χ1v) is 8.85. The number of fused-ring (bicyclic) bond motifs is 1. The zero-order valence-electron chi connectivity index (χ0n) is 12.0. The Morgan fingerprint density at radius 3 is 2.76 bits per heavy atom. The molecule has 2 aliphatic rings. The second-order valence-electron chi connectivity index (χ2n) is 5.71. The summed E-state index contributed by atoms with van der Waals surface area (Å²) in [6.07, 6.45) is 4.52. The van der Waals surface area contributed by atoms with Crippen molar-refractivity contribution >= 4 is 10.0 Å². The van der Waals surface area contributed by atoms with Gasteiger partial charge < -0.3 is 5.11 Å². The number of aromatic nitrogens is 1. The molecule has 116 valence electrons. The van der Waals surface area contributed by atoms with E-state index in [0.29, 0.717) is 24.7 Å². The minimum Gasteiger partial charge on any atom is -0.392 e. The summed E-state index contributed by atoms with van der Waals surface area (Å²) >= 11 is 0. The third-order valence-electron chi connectivity index (χ3n) is 4.35. The van der Waals surface area contributed by atoms with Gasteiger partial charge in [-0.3, -0.25) is 4.90 Å². The van der Waals surface area contributed by atoms with E-state index in [2.05, 4.69) is 9.88 Å². The fourth-order valence-corrected chi connectivity index (χ4v) is 4.61. The molecule has 1 aromatic rings. The van der Waals surface area contributed by atoms with Crippen molar-refractivity contribution in [3.63, 3.8) is 0 Å². The van der Waals surface area contributed by atoms with E-state index in [4.69, 9.17) is 5.11 Å². The van der Waals surface area contributed by atoms with E-state index in [-0.39, 0.29) is 11.6 Å². The van der Waals surface area contributed by atoms with Crippen molar-refractivity contribution in [2.75, 3.05) is 26.2 Å². The summed E-state index contributed by atoms with van der Waals surface area (Å²) in [5.74, 6) is 0. The van der Waals surface area contributed by atoms with Crippen molar-refractivity contribution in [1.29, 1.82) is 0 Å². The summed E-state index contributed by atoms with van der Waals surface area (Å²) in [6, 6.07) is 3.44. The molecule has 0 aliphatic carbocycles. The highest BCUT2D eigenvalue weighted by Crippen LogP contribution is 2.24. The molecule has 0 radical (unpaired) electrons. The third-order valence-corrected chi connectivity index (χ3v) is 6.13. The van der Waals surface area contributed by atoms with Crippen LogP contribution in [0.15, 0.2) is 23.4 Å². The van der Waals surface area contributed by atoms with Crippen molar-refractivity contribution in [3.05, 3.63) is 23.9 Å². The lowest BCUT2D eigenvalue weighted by Gasteiger charge is -2.24. The molecule has 2 aliphatic heterocycles. The maximum Gasteiger partial charge on any atom is 0.260 e. The lowest BCUT2D eigenvalue weighted by Crippen LogP contribution is -2.39. The van der Waals surface area contributed by atoms with Gasteiger partial charge in [-0.05, 0) is 44.0 Å². The smallest absolute Gasteiger partial charge is 0.260 e. The first-order valence-electron chi connectivity index (χ1n) is 7.41. The Morgan fingerprint density at radius 2 is 2.05 bits per heavy atom. The van der Waals surface area contributed by atoms with Crippen molar-refractivity contribution in [3.8, 4) is 0 Å². The van der Waals surface area contributed by atoms with Gasteiger partial charge in [0.25, 0.3) is 10.0 Å². The molecule has 0 saturated carbocycles. The van der Waals surface area contributed by atoms with Crippen LogP contribution in [0.25, 0.3) is 0 Å². The topological polar surface area (TPSA) is 73.7 Å². The van der Waals surface area contributed by atoms with Gasteiger partial charge in [0.15, 0.2) is 5.03 Å². The molecule has 2 fully saturated rings. The first-order chi connectivity index (χ1) is 10.1. The molecule has 21 heavy (non-hydrogen) atoms. The van der Waals surface area contributed by atoms with Crippen LogP contribution in [0.4, 0.5) is 0 Å². The monoisotopic (exact) mass is 311 g/mol. The molecule has 1 unspecified atom stereocenters. The van der Waals surface area contributed by atoms with E-state index < -0.39 is 10.0 Å². The average Bonchev–Trinajstić information content (AvgIpc) is 2.84. The SMILES string of the molecule is O=S(=O)(c1ccc(CO)cn1)N1CCCN2CCCC2C1. The number of aliphatic hydroxyl groups excluding tert-OH is 1. The van der Waals surface area contributed by atoms with E-state index in [1.165, 1.54) is 12.3 Å². The number of sulfonamides is 1. The second kappa shape index (κ2) is 6.00. The highest BCUT2D eigenvalue weighted by Gasteiger charge is 2.34. The number of aliphatic hydroxyl groups is 1. The van der Waals surface area contributed by atoms with Crippen LogP contribution in [0, 0.1) is 0 Å². The van der Waals surface area contributed by atoms with Crippen LogP contribution in [0.3, 0.4) is 0 Å². The number of rotatable bonds is 3. The number of hydrogen-bond donors (Lipinski definition) is 1. The normalized spacial score (nSPS) is 24.7. The van der Waals surface area contributed by atoms with E-state index in [1.54, 1.807) is 10.4 Å². The van der Waals surface area contributed by atoms with Crippen LogP contribution < -0.4 is 0 Å². The van der Waals surface area contributed by atoms with Gasteiger partial charge in [-0.1, -0.05) is 6.07 Å². The average molecular weight is 311 g/mol. The fraction of sp³-hybridized carbons (Fsp3) is 0.643. The highest BCUT2D eigenvalue weighted by molar-refractivity contribution is 7.89. The van der Waals surface area contributed by atoms with Gasteiger partial charge in [0.05, 0.1) is 6.61 Å². The Hall–Kier alpha value is -1.02. The van der Waals surface area contributed by atoms with Crippen molar-refractivity contribution < 1.29 is 13.5 Å². The summed E-state index contributed by atoms with van der Waals surface area (Å²) in [5, 5.41) is 9.09. The molecule has 1 aromatic heterocycles. The third kappa shape index (κ3) is 2.96. The Kier molecular flexibility index (Phi) is 4.26. The summed E-state index contributed by atoms with van der Waals surface area (Å²) in [7, 11) is -3.54. The highest BCUT2D eigenvalue weighted by atomic mass is 32.2. The van der Waals surface area contributed by atoms with Crippen LogP contribution in [0.1, 0.15) is 24.8 Å². The molecule has 7 heteroatoms. The van der Waals surface area contributed by atoms with Crippen LogP contribution in [0.2, 0.25) is 0 Å². The molecule has 3 rings (SSSR count). The lowest BCUT2D eigenvalue weighted by atomic mass is 10.2. The lowest BCUT2D eigenvalue weighted by molar-refractivity contribution is 0.257. The molecule has 1 N–H and O–H groups in total. The van der Waals surface area contributed by atoms with Gasteiger partial charge >= 0.3 is 0 Å². The predicted octanol–water partition coefficient (Wildman–Crippen LogP) is 0.433. The largest absolute Gasteiger partial charge is 0.392 e. The molecule has 0 spiro atoms. The molecule has 2 saturated heterocycles. The number of pyridine rings is 1. The number of hydrogen-bond acceptors (Lipinski definition) is 5. The molecule has 1 atom stereocenters. The van der Waals surface area contributed by atoms with Crippen molar-refractivity contribution in [1.82, 2.24) is 14.2 Å². The standard InChI is InChI=1S/C14H21N3O3S/c18-11-12-4-5-14(15-9-12)21(19,20)17-8-2-7-16-6-1-3-13(16)10-17/h4-5,9,13,18H,1-3,6-8,10-11H2. The predicted molar refractivity (Wildman–Crippen MR) is 78.1 cm³/mol. The maximum absolute atomic E-state index is 12.7. The number of nitrogens with zero attached hydrogens (tertiary/aromatic N) is 3. The quantitative estimate of drug-likeness (QED) is 0.876. The summed E-state index contributed by atoms with van der Waals surface area (Å²) in [5.41, 5.74) is 0.617. The zero-order valence-corrected chi connectivity index (χ0v) is 12.8. The van der Waals surface area contributed by atoms with Gasteiger partial charge in [0.1, 0.15) is 0 Å². The van der Waals surface area contributed by atoms with E-state index in [0.717, 1.165) is 32.4 Å². The molecular weight excluding hydrogens is 290 g/mol. The molecule has 0 aromatic carbocycles. The van der Waals surface area contributed by atoms with Gasteiger partial charge in [-0.25, -0.2) is 13.4 Å². The van der Waals surface area contributed by atoms with Crippen LogP contribution in [0.5, 0.6) is 0 Å². The summed E-state index contributed by atoms with van der Waals surface area (Å²) < 4.78 is 27.0. The van der Waals surface area contributed by atoms with Crippen LogP contribution in [-0.2, 0) is 16.6 Å².